The molecule has 0 aliphatic heterocycles. The number of hydrogen-bond acceptors (Lipinski definition) is 3. The van der Waals surface area contributed by atoms with Crippen LogP contribution >= 0.6 is 23.2 Å². The Kier molecular flexibility index (Phi) is 5.31. The molecule has 0 saturated carbocycles. The van der Waals surface area contributed by atoms with Crippen LogP contribution in [0.3, 0.4) is 0 Å². The van der Waals surface area contributed by atoms with E-state index in [9.17, 15) is 4.79 Å². The highest BCUT2D eigenvalue weighted by molar-refractivity contribution is 6.34. The van der Waals surface area contributed by atoms with Crippen LogP contribution in [0.25, 0.3) is 0 Å². The second kappa shape index (κ2) is 7.20. The van der Waals surface area contributed by atoms with Gasteiger partial charge in [-0.05, 0) is 36.4 Å². The van der Waals surface area contributed by atoms with E-state index in [0.29, 0.717) is 27.2 Å². The molecule has 0 spiro atoms. The Morgan fingerprint density at radius 2 is 1.86 bits per heavy atom. The van der Waals surface area contributed by atoms with Crippen molar-refractivity contribution < 1.29 is 9.53 Å². The van der Waals surface area contributed by atoms with Gasteiger partial charge < -0.3 is 15.8 Å². The highest BCUT2D eigenvalue weighted by atomic mass is 35.5. The minimum atomic E-state index is -0.155. The van der Waals surface area contributed by atoms with Crippen LogP contribution in [0.4, 0.5) is 11.4 Å². The Labute approximate surface area is 132 Å². The van der Waals surface area contributed by atoms with Gasteiger partial charge >= 0.3 is 0 Å². The zero-order valence-corrected chi connectivity index (χ0v) is 12.6. The van der Waals surface area contributed by atoms with Gasteiger partial charge in [0.2, 0.25) is 5.91 Å². The fourth-order valence-electron chi connectivity index (χ4n) is 1.63. The van der Waals surface area contributed by atoms with E-state index in [0.717, 1.165) is 0 Å². The van der Waals surface area contributed by atoms with Crippen molar-refractivity contribution in [3.63, 3.8) is 0 Å². The van der Waals surface area contributed by atoms with Gasteiger partial charge in [-0.1, -0.05) is 23.2 Å². The van der Waals surface area contributed by atoms with Gasteiger partial charge in [-0.3, -0.25) is 4.79 Å². The number of rotatable bonds is 5. The van der Waals surface area contributed by atoms with Crippen molar-refractivity contribution in [2.45, 2.75) is 6.42 Å². The standard InChI is InChI=1S/C15H14Cl2N2O2/c16-10-1-6-13(17)14(9-10)21-8-7-15(20)19-12-4-2-11(18)3-5-12/h1-6,9H,7-8,18H2,(H,19,20). The predicted molar refractivity (Wildman–Crippen MR) is 86.1 cm³/mol. The lowest BCUT2D eigenvalue weighted by atomic mass is 10.3. The second-order valence-electron chi connectivity index (χ2n) is 4.34. The lowest BCUT2D eigenvalue weighted by Gasteiger charge is -2.09. The topological polar surface area (TPSA) is 64.3 Å². The first-order valence-corrected chi connectivity index (χ1v) is 7.03. The van der Waals surface area contributed by atoms with Crippen LogP contribution in [0.15, 0.2) is 42.5 Å². The molecule has 110 valence electrons. The van der Waals surface area contributed by atoms with E-state index >= 15 is 0 Å². The maximum absolute atomic E-state index is 11.8. The Morgan fingerprint density at radius 1 is 1.14 bits per heavy atom. The highest BCUT2D eigenvalue weighted by Gasteiger charge is 2.06. The molecule has 0 radical (unpaired) electrons. The van der Waals surface area contributed by atoms with Crippen LogP contribution in [0.1, 0.15) is 6.42 Å². The summed E-state index contributed by atoms with van der Waals surface area (Å²) >= 11 is 11.8. The summed E-state index contributed by atoms with van der Waals surface area (Å²) in [6.45, 7) is 0.209. The molecule has 4 nitrogen and oxygen atoms in total. The lowest BCUT2D eigenvalue weighted by Crippen LogP contribution is -2.15. The molecule has 3 N–H and O–H groups in total. The van der Waals surface area contributed by atoms with Crippen LogP contribution in [-0.2, 0) is 4.79 Å². The van der Waals surface area contributed by atoms with Gasteiger partial charge in [0, 0.05) is 22.5 Å². The number of ether oxygens (including phenoxy) is 1. The van der Waals surface area contributed by atoms with Gasteiger partial charge in [-0.15, -0.1) is 0 Å². The molecule has 0 bridgehead atoms. The van der Waals surface area contributed by atoms with Crippen molar-refractivity contribution in [1.29, 1.82) is 0 Å². The SMILES string of the molecule is Nc1ccc(NC(=O)CCOc2cc(Cl)ccc2Cl)cc1. The van der Waals surface area contributed by atoms with E-state index in [-0.39, 0.29) is 18.9 Å². The molecule has 2 aromatic rings. The van der Waals surface area contributed by atoms with Crippen molar-refractivity contribution in [3.05, 3.63) is 52.5 Å². The van der Waals surface area contributed by atoms with Crippen LogP contribution < -0.4 is 15.8 Å². The zero-order valence-electron chi connectivity index (χ0n) is 11.1. The van der Waals surface area contributed by atoms with Crippen molar-refractivity contribution in [2.75, 3.05) is 17.7 Å². The van der Waals surface area contributed by atoms with Crippen molar-refractivity contribution in [2.24, 2.45) is 0 Å². The molecule has 6 heteroatoms. The highest BCUT2D eigenvalue weighted by Crippen LogP contribution is 2.27. The summed E-state index contributed by atoms with van der Waals surface area (Å²) in [5.74, 6) is 0.308. The summed E-state index contributed by atoms with van der Waals surface area (Å²) in [5.41, 5.74) is 6.91. The largest absolute Gasteiger partial charge is 0.491 e. The molecule has 0 atom stereocenters. The number of carbonyl (C=O) groups is 1. The monoisotopic (exact) mass is 324 g/mol. The fourth-order valence-corrected chi connectivity index (χ4v) is 1.97. The number of hydrogen-bond donors (Lipinski definition) is 2. The summed E-state index contributed by atoms with van der Waals surface area (Å²) in [5, 5.41) is 3.73. The molecule has 0 fully saturated rings. The Bertz CT molecular complexity index is 630. The molecule has 0 saturated heterocycles. The number of nitrogens with one attached hydrogen (secondary N) is 1. The average molecular weight is 325 g/mol. The first-order valence-electron chi connectivity index (χ1n) is 6.28. The third kappa shape index (κ3) is 4.85. The third-order valence-corrected chi connectivity index (χ3v) is 3.22. The smallest absolute Gasteiger partial charge is 0.227 e. The average Bonchev–Trinajstić information content (AvgIpc) is 2.45. The molecule has 0 aliphatic rings. The normalized spacial score (nSPS) is 10.2. The number of nitrogens with two attached hydrogens (primary N) is 1. The first-order chi connectivity index (χ1) is 10.0. The van der Waals surface area contributed by atoms with Crippen molar-refractivity contribution >= 4 is 40.5 Å². The van der Waals surface area contributed by atoms with Gasteiger partial charge in [0.25, 0.3) is 0 Å². The Balaban J connectivity index is 1.81. The summed E-state index contributed by atoms with van der Waals surface area (Å²) in [6.07, 6.45) is 0.202. The Morgan fingerprint density at radius 3 is 2.57 bits per heavy atom. The molecule has 21 heavy (non-hydrogen) atoms. The summed E-state index contributed by atoms with van der Waals surface area (Å²) in [6, 6.07) is 11.8. The van der Waals surface area contributed by atoms with E-state index < -0.39 is 0 Å². The van der Waals surface area contributed by atoms with Crippen LogP contribution in [-0.4, -0.2) is 12.5 Å². The maximum Gasteiger partial charge on any atom is 0.227 e. The van der Waals surface area contributed by atoms with E-state index in [1.54, 1.807) is 42.5 Å². The summed E-state index contributed by atoms with van der Waals surface area (Å²) < 4.78 is 5.45. The first kappa shape index (κ1) is 15.5. The van der Waals surface area contributed by atoms with Gasteiger partial charge in [-0.2, -0.15) is 0 Å². The number of nitrogen functional groups attached to an aromatic ring is 1. The van der Waals surface area contributed by atoms with E-state index in [1.165, 1.54) is 0 Å². The third-order valence-electron chi connectivity index (χ3n) is 2.67. The van der Waals surface area contributed by atoms with Crippen LogP contribution in [0.5, 0.6) is 5.75 Å². The van der Waals surface area contributed by atoms with Crippen LogP contribution in [0, 0.1) is 0 Å². The van der Waals surface area contributed by atoms with E-state index in [1.807, 2.05) is 0 Å². The fraction of sp³-hybridized carbons (Fsp3) is 0.133. The second-order valence-corrected chi connectivity index (χ2v) is 5.19. The van der Waals surface area contributed by atoms with Gasteiger partial charge in [-0.25, -0.2) is 0 Å². The van der Waals surface area contributed by atoms with Gasteiger partial charge in [0.15, 0.2) is 0 Å². The molecule has 2 rings (SSSR count). The number of amides is 1. The van der Waals surface area contributed by atoms with E-state index in [2.05, 4.69) is 5.32 Å². The van der Waals surface area contributed by atoms with Crippen molar-refractivity contribution in [1.82, 2.24) is 0 Å². The minimum absolute atomic E-state index is 0.155. The molecular weight excluding hydrogens is 311 g/mol. The number of benzene rings is 2. The quantitative estimate of drug-likeness (QED) is 0.817. The molecule has 2 aromatic carbocycles. The lowest BCUT2D eigenvalue weighted by molar-refractivity contribution is -0.116. The maximum atomic E-state index is 11.8. The molecule has 0 heterocycles. The molecule has 0 unspecified atom stereocenters. The number of anilines is 2. The van der Waals surface area contributed by atoms with Gasteiger partial charge in [0.1, 0.15) is 5.75 Å². The number of carbonyl (C=O) groups excluding carboxylic acids is 1. The molecule has 1 amide bonds. The van der Waals surface area contributed by atoms with E-state index in [4.69, 9.17) is 33.7 Å². The minimum Gasteiger partial charge on any atom is -0.491 e. The summed E-state index contributed by atoms with van der Waals surface area (Å²) in [4.78, 5) is 11.8. The van der Waals surface area contributed by atoms with Crippen LogP contribution in [0.2, 0.25) is 10.0 Å². The zero-order chi connectivity index (χ0) is 15.2. The molecule has 0 aromatic heterocycles. The van der Waals surface area contributed by atoms with Crippen molar-refractivity contribution in [3.8, 4) is 5.75 Å². The number of halogens is 2. The Hall–Kier alpha value is -1.91. The van der Waals surface area contributed by atoms with Gasteiger partial charge in [0.05, 0.1) is 18.1 Å². The molecule has 0 aliphatic carbocycles. The predicted octanol–water partition coefficient (Wildman–Crippen LogP) is 3.98. The summed E-state index contributed by atoms with van der Waals surface area (Å²) in [7, 11) is 0. The molecular formula is C15H14Cl2N2O2.